The molecule has 1 aliphatic rings. The van der Waals surface area contributed by atoms with Gasteiger partial charge >= 0.3 is 6.61 Å². The van der Waals surface area contributed by atoms with Gasteiger partial charge in [-0.2, -0.15) is 8.78 Å². The summed E-state index contributed by atoms with van der Waals surface area (Å²) in [5, 5.41) is 0. The van der Waals surface area contributed by atoms with E-state index in [0.29, 0.717) is 30.3 Å². The Kier molecular flexibility index (Phi) is 5.05. The van der Waals surface area contributed by atoms with Crippen LogP contribution in [0.15, 0.2) is 47.4 Å². The van der Waals surface area contributed by atoms with Crippen LogP contribution in [0.4, 0.5) is 8.78 Å². The maximum atomic E-state index is 12.4. The molecule has 25 heavy (non-hydrogen) atoms. The fourth-order valence-corrected chi connectivity index (χ4v) is 3.33. The van der Waals surface area contributed by atoms with Crippen LogP contribution >= 0.6 is 0 Å². The van der Waals surface area contributed by atoms with Crippen LogP contribution in [0, 0.1) is 0 Å². The van der Waals surface area contributed by atoms with E-state index in [1.165, 1.54) is 36.4 Å². The Labute approximate surface area is 143 Å². The van der Waals surface area contributed by atoms with Crippen LogP contribution in [0.1, 0.15) is 5.56 Å². The van der Waals surface area contributed by atoms with Crippen LogP contribution in [0.5, 0.6) is 17.2 Å². The lowest BCUT2D eigenvalue weighted by atomic mass is 10.2. The van der Waals surface area contributed by atoms with E-state index in [1.54, 1.807) is 6.07 Å². The summed E-state index contributed by atoms with van der Waals surface area (Å²) in [7, 11) is -3.87. The van der Waals surface area contributed by atoms with Gasteiger partial charge in [0.25, 0.3) is 0 Å². The molecule has 0 unspecified atom stereocenters. The summed E-state index contributed by atoms with van der Waals surface area (Å²) < 4.78 is 67.1. The van der Waals surface area contributed by atoms with Crippen LogP contribution < -0.4 is 18.9 Å². The molecule has 2 aromatic rings. The lowest BCUT2D eigenvalue weighted by Gasteiger charge is -2.19. The number of hydrogen-bond acceptors (Lipinski definition) is 5. The van der Waals surface area contributed by atoms with Crippen LogP contribution in [0.25, 0.3) is 0 Å². The van der Waals surface area contributed by atoms with Gasteiger partial charge in [-0.05, 0) is 18.2 Å². The number of rotatable bonds is 6. The summed E-state index contributed by atoms with van der Waals surface area (Å²) in [6.07, 6.45) is 0. The first-order valence-electron chi connectivity index (χ1n) is 7.38. The molecule has 0 spiro atoms. The van der Waals surface area contributed by atoms with Crippen molar-refractivity contribution >= 4 is 10.0 Å². The van der Waals surface area contributed by atoms with E-state index in [9.17, 15) is 17.2 Å². The second-order valence-electron chi connectivity index (χ2n) is 5.12. The number of alkyl halides is 2. The van der Waals surface area contributed by atoms with Crippen molar-refractivity contribution in [2.75, 3.05) is 13.2 Å². The van der Waals surface area contributed by atoms with Gasteiger partial charge in [0.15, 0.2) is 11.5 Å². The number of sulfonamides is 1. The van der Waals surface area contributed by atoms with E-state index in [4.69, 9.17) is 9.47 Å². The van der Waals surface area contributed by atoms with E-state index >= 15 is 0 Å². The minimum Gasteiger partial charge on any atom is -0.486 e. The first kappa shape index (κ1) is 17.4. The third kappa shape index (κ3) is 4.18. The van der Waals surface area contributed by atoms with E-state index in [2.05, 4.69) is 9.46 Å². The monoisotopic (exact) mass is 371 g/mol. The lowest BCUT2D eigenvalue weighted by molar-refractivity contribution is -0.0504. The Bertz CT molecular complexity index is 857. The van der Waals surface area contributed by atoms with Gasteiger partial charge in [-0.25, -0.2) is 13.1 Å². The number of ether oxygens (including phenoxy) is 3. The number of para-hydroxylation sites is 1. The van der Waals surface area contributed by atoms with Gasteiger partial charge in [0, 0.05) is 18.2 Å². The Hall–Kier alpha value is -2.39. The summed E-state index contributed by atoms with van der Waals surface area (Å²) in [6.45, 7) is -2.45. The second kappa shape index (κ2) is 7.24. The molecule has 0 aliphatic carbocycles. The van der Waals surface area contributed by atoms with Crippen molar-refractivity contribution in [3.63, 3.8) is 0 Å². The molecule has 6 nitrogen and oxygen atoms in total. The zero-order valence-corrected chi connectivity index (χ0v) is 13.8. The number of fused-ring (bicyclic) bond motifs is 1. The molecule has 0 aromatic heterocycles. The van der Waals surface area contributed by atoms with Crippen molar-refractivity contribution in [3.05, 3.63) is 48.0 Å². The van der Waals surface area contributed by atoms with E-state index < -0.39 is 16.6 Å². The molecule has 1 aliphatic heterocycles. The first-order chi connectivity index (χ1) is 12.0. The standard InChI is InChI=1S/C16H15F2NO5S/c17-16(18)24-13-4-2-1-3-11(13)10-19-25(20,21)12-5-6-14-15(9-12)23-8-7-22-14/h1-6,9,16,19H,7-8,10H2. The average Bonchev–Trinajstić information content (AvgIpc) is 2.60. The number of benzene rings is 2. The molecular formula is C16H15F2NO5S. The van der Waals surface area contributed by atoms with Gasteiger partial charge < -0.3 is 14.2 Å². The maximum absolute atomic E-state index is 12.4. The van der Waals surface area contributed by atoms with Crippen LogP contribution in [0.2, 0.25) is 0 Å². The first-order valence-corrected chi connectivity index (χ1v) is 8.86. The molecular weight excluding hydrogens is 356 g/mol. The highest BCUT2D eigenvalue weighted by Gasteiger charge is 2.20. The predicted molar refractivity (Wildman–Crippen MR) is 84.5 cm³/mol. The molecule has 0 saturated carbocycles. The van der Waals surface area contributed by atoms with E-state index in [-0.39, 0.29) is 17.2 Å². The minimum atomic E-state index is -3.87. The Morgan fingerprint density at radius 2 is 1.80 bits per heavy atom. The topological polar surface area (TPSA) is 73.9 Å². The quantitative estimate of drug-likeness (QED) is 0.845. The Morgan fingerprint density at radius 1 is 1.08 bits per heavy atom. The average molecular weight is 371 g/mol. The lowest BCUT2D eigenvalue weighted by Crippen LogP contribution is -2.24. The summed E-state index contributed by atoms with van der Waals surface area (Å²) in [5.74, 6) is 0.735. The normalized spacial score (nSPS) is 13.7. The minimum absolute atomic E-state index is 0.0102. The molecule has 134 valence electrons. The molecule has 1 heterocycles. The van der Waals surface area contributed by atoms with Crippen molar-refractivity contribution in [1.29, 1.82) is 0 Å². The third-order valence-electron chi connectivity index (χ3n) is 3.47. The zero-order chi connectivity index (χ0) is 17.9. The second-order valence-corrected chi connectivity index (χ2v) is 6.88. The zero-order valence-electron chi connectivity index (χ0n) is 12.9. The number of hydrogen-bond donors (Lipinski definition) is 1. The summed E-state index contributed by atoms with van der Waals surface area (Å²) in [6, 6.07) is 10.2. The fourth-order valence-electron chi connectivity index (χ4n) is 2.31. The highest BCUT2D eigenvalue weighted by atomic mass is 32.2. The largest absolute Gasteiger partial charge is 0.486 e. The van der Waals surface area contributed by atoms with Crippen LogP contribution in [-0.4, -0.2) is 28.2 Å². The van der Waals surface area contributed by atoms with Crippen molar-refractivity contribution in [2.45, 2.75) is 18.1 Å². The van der Waals surface area contributed by atoms with Crippen molar-refractivity contribution in [1.82, 2.24) is 4.72 Å². The molecule has 9 heteroatoms. The molecule has 0 atom stereocenters. The van der Waals surface area contributed by atoms with Gasteiger partial charge in [-0.3, -0.25) is 0 Å². The van der Waals surface area contributed by atoms with Gasteiger partial charge in [-0.1, -0.05) is 18.2 Å². The van der Waals surface area contributed by atoms with Gasteiger partial charge in [0.2, 0.25) is 10.0 Å². The molecule has 2 aromatic carbocycles. The maximum Gasteiger partial charge on any atom is 0.387 e. The Morgan fingerprint density at radius 3 is 2.56 bits per heavy atom. The van der Waals surface area contributed by atoms with Crippen molar-refractivity contribution in [3.8, 4) is 17.2 Å². The summed E-state index contributed by atoms with van der Waals surface area (Å²) in [4.78, 5) is -0.0102. The summed E-state index contributed by atoms with van der Waals surface area (Å²) in [5.41, 5.74) is 0.295. The van der Waals surface area contributed by atoms with E-state index in [0.717, 1.165) is 0 Å². The van der Waals surface area contributed by atoms with Crippen LogP contribution in [-0.2, 0) is 16.6 Å². The van der Waals surface area contributed by atoms with Gasteiger partial charge in [0.05, 0.1) is 4.90 Å². The van der Waals surface area contributed by atoms with Crippen molar-refractivity contribution < 1.29 is 31.4 Å². The van der Waals surface area contributed by atoms with Crippen LogP contribution in [0.3, 0.4) is 0 Å². The predicted octanol–water partition coefficient (Wildman–Crippen LogP) is 2.54. The molecule has 0 radical (unpaired) electrons. The molecule has 0 amide bonds. The molecule has 1 N–H and O–H groups in total. The highest BCUT2D eigenvalue weighted by Crippen LogP contribution is 2.32. The molecule has 0 bridgehead atoms. The van der Waals surface area contributed by atoms with Crippen molar-refractivity contribution in [2.24, 2.45) is 0 Å². The Balaban J connectivity index is 1.77. The van der Waals surface area contributed by atoms with Gasteiger partial charge in [-0.15, -0.1) is 0 Å². The van der Waals surface area contributed by atoms with Gasteiger partial charge in [0.1, 0.15) is 19.0 Å². The molecule has 0 fully saturated rings. The molecule has 3 rings (SSSR count). The SMILES string of the molecule is O=S(=O)(NCc1ccccc1OC(F)F)c1ccc2c(c1)OCCO2. The number of halogens is 2. The highest BCUT2D eigenvalue weighted by molar-refractivity contribution is 7.89. The fraction of sp³-hybridized carbons (Fsp3) is 0.250. The number of nitrogens with one attached hydrogen (secondary N) is 1. The third-order valence-corrected chi connectivity index (χ3v) is 4.86. The summed E-state index contributed by atoms with van der Waals surface area (Å²) >= 11 is 0. The smallest absolute Gasteiger partial charge is 0.387 e. The van der Waals surface area contributed by atoms with E-state index in [1.807, 2.05) is 0 Å². The molecule has 0 saturated heterocycles.